The summed E-state index contributed by atoms with van der Waals surface area (Å²) >= 11 is 0. The minimum Gasteiger partial charge on any atom is -0.456 e. The molecule has 0 atom stereocenters. The average Bonchev–Trinajstić information content (AvgIpc) is 2.57. The monoisotopic (exact) mass is 356 g/mol. The SMILES string of the molecule is CCC(CC)NC(=O)COC(=O)CCNC(=O)c1ccc(F)cc1F. The van der Waals surface area contributed by atoms with Gasteiger partial charge < -0.3 is 15.4 Å². The molecule has 138 valence electrons. The van der Waals surface area contributed by atoms with Crippen LogP contribution in [0.5, 0.6) is 0 Å². The second-order valence-corrected chi connectivity index (χ2v) is 5.37. The Morgan fingerprint density at radius 3 is 2.44 bits per heavy atom. The van der Waals surface area contributed by atoms with Gasteiger partial charge in [-0.05, 0) is 25.0 Å². The van der Waals surface area contributed by atoms with E-state index in [1.807, 2.05) is 13.8 Å². The molecule has 2 amide bonds. The molecule has 0 spiro atoms. The molecule has 0 aliphatic heterocycles. The minimum atomic E-state index is -0.988. The van der Waals surface area contributed by atoms with E-state index in [0.29, 0.717) is 6.07 Å². The summed E-state index contributed by atoms with van der Waals surface area (Å²) in [4.78, 5) is 34.8. The maximum Gasteiger partial charge on any atom is 0.308 e. The van der Waals surface area contributed by atoms with E-state index in [2.05, 4.69) is 10.6 Å². The Hall–Kier alpha value is -2.51. The maximum atomic E-state index is 13.4. The number of amides is 2. The summed E-state index contributed by atoms with van der Waals surface area (Å²) in [5.74, 6) is -3.60. The second-order valence-electron chi connectivity index (χ2n) is 5.37. The Bertz CT molecular complexity index is 619. The largest absolute Gasteiger partial charge is 0.456 e. The number of hydrogen-bond donors (Lipinski definition) is 2. The third-order valence-corrected chi connectivity index (χ3v) is 3.51. The number of nitrogens with one attached hydrogen (secondary N) is 2. The number of hydrogen-bond acceptors (Lipinski definition) is 4. The number of benzene rings is 1. The van der Waals surface area contributed by atoms with Crippen LogP contribution in [0.15, 0.2) is 18.2 Å². The van der Waals surface area contributed by atoms with E-state index in [4.69, 9.17) is 4.74 Å². The van der Waals surface area contributed by atoms with Gasteiger partial charge in [-0.1, -0.05) is 13.8 Å². The van der Waals surface area contributed by atoms with Crippen LogP contribution in [-0.4, -0.2) is 37.0 Å². The lowest BCUT2D eigenvalue weighted by Gasteiger charge is -2.14. The number of esters is 1. The first-order chi connectivity index (χ1) is 11.9. The van der Waals surface area contributed by atoms with Gasteiger partial charge in [-0.2, -0.15) is 0 Å². The highest BCUT2D eigenvalue weighted by Gasteiger charge is 2.14. The second kappa shape index (κ2) is 10.4. The fourth-order valence-corrected chi connectivity index (χ4v) is 2.03. The van der Waals surface area contributed by atoms with Gasteiger partial charge in [0.25, 0.3) is 11.8 Å². The van der Waals surface area contributed by atoms with Crippen LogP contribution in [0.4, 0.5) is 8.78 Å². The Labute approximate surface area is 144 Å². The molecular formula is C17H22F2N2O4. The molecule has 0 unspecified atom stereocenters. The van der Waals surface area contributed by atoms with Gasteiger partial charge in [-0.15, -0.1) is 0 Å². The van der Waals surface area contributed by atoms with Crippen LogP contribution in [0.2, 0.25) is 0 Å². The van der Waals surface area contributed by atoms with Crippen molar-refractivity contribution in [1.82, 2.24) is 10.6 Å². The zero-order valence-electron chi connectivity index (χ0n) is 14.2. The van der Waals surface area contributed by atoms with Crippen LogP contribution in [0.1, 0.15) is 43.5 Å². The van der Waals surface area contributed by atoms with Crippen LogP contribution in [0.3, 0.4) is 0 Å². The van der Waals surface area contributed by atoms with Gasteiger partial charge in [0.05, 0.1) is 12.0 Å². The first kappa shape index (κ1) is 20.5. The summed E-state index contributed by atoms with van der Waals surface area (Å²) < 4.78 is 31.0. The molecule has 1 aromatic carbocycles. The van der Waals surface area contributed by atoms with Crippen LogP contribution >= 0.6 is 0 Å². The van der Waals surface area contributed by atoms with Crippen molar-refractivity contribution in [2.24, 2.45) is 0 Å². The molecule has 2 N–H and O–H groups in total. The van der Waals surface area contributed by atoms with Gasteiger partial charge in [-0.3, -0.25) is 14.4 Å². The first-order valence-electron chi connectivity index (χ1n) is 8.05. The van der Waals surface area contributed by atoms with Crippen molar-refractivity contribution in [2.75, 3.05) is 13.2 Å². The molecule has 0 saturated heterocycles. The molecule has 0 fully saturated rings. The Morgan fingerprint density at radius 1 is 1.16 bits per heavy atom. The quantitative estimate of drug-likeness (QED) is 0.662. The van der Waals surface area contributed by atoms with Crippen molar-refractivity contribution in [3.8, 4) is 0 Å². The van der Waals surface area contributed by atoms with Gasteiger partial charge >= 0.3 is 5.97 Å². The van der Waals surface area contributed by atoms with E-state index >= 15 is 0 Å². The van der Waals surface area contributed by atoms with Crippen molar-refractivity contribution in [1.29, 1.82) is 0 Å². The topological polar surface area (TPSA) is 84.5 Å². The number of ether oxygens (including phenoxy) is 1. The van der Waals surface area contributed by atoms with Crippen molar-refractivity contribution < 1.29 is 27.9 Å². The zero-order chi connectivity index (χ0) is 18.8. The molecule has 0 aliphatic rings. The predicted octanol–water partition coefficient (Wildman–Crippen LogP) is 1.93. The highest BCUT2D eigenvalue weighted by Crippen LogP contribution is 2.09. The van der Waals surface area contributed by atoms with Gasteiger partial charge in [0.1, 0.15) is 11.6 Å². The van der Waals surface area contributed by atoms with Gasteiger partial charge in [0, 0.05) is 18.7 Å². The molecule has 0 heterocycles. The standard InChI is InChI=1S/C17H22F2N2O4/c1-3-12(4-2)21-15(22)10-25-16(23)7-8-20-17(24)13-6-5-11(18)9-14(13)19/h5-6,9,12H,3-4,7-8,10H2,1-2H3,(H,20,24)(H,21,22). The number of carbonyl (C=O) groups is 3. The third-order valence-electron chi connectivity index (χ3n) is 3.51. The van der Waals surface area contributed by atoms with Gasteiger partial charge in [0.2, 0.25) is 0 Å². The average molecular weight is 356 g/mol. The van der Waals surface area contributed by atoms with Crippen LogP contribution < -0.4 is 10.6 Å². The summed E-state index contributed by atoms with van der Waals surface area (Å²) in [6.07, 6.45) is 1.39. The molecule has 0 bridgehead atoms. The molecule has 1 aromatic rings. The van der Waals surface area contributed by atoms with Crippen LogP contribution in [-0.2, 0) is 14.3 Å². The maximum absolute atomic E-state index is 13.4. The van der Waals surface area contributed by atoms with E-state index in [1.54, 1.807) is 0 Å². The fraction of sp³-hybridized carbons (Fsp3) is 0.471. The molecule has 0 aliphatic carbocycles. The molecular weight excluding hydrogens is 334 g/mol. The molecule has 8 heteroatoms. The van der Waals surface area contributed by atoms with Crippen molar-refractivity contribution in [3.63, 3.8) is 0 Å². The number of carbonyl (C=O) groups excluding carboxylic acids is 3. The number of rotatable bonds is 9. The molecule has 0 radical (unpaired) electrons. The fourth-order valence-electron chi connectivity index (χ4n) is 2.03. The van der Waals surface area contributed by atoms with Crippen molar-refractivity contribution in [2.45, 2.75) is 39.2 Å². The predicted molar refractivity (Wildman–Crippen MR) is 86.8 cm³/mol. The summed E-state index contributed by atoms with van der Waals surface area (Å²) in [7, 11) is 0. The van der Waals surface area contributed by atoms with Gasteiger partial charge in [-0.25, -0.2) is 8.78 Å². The lowest BCUT2D eigenvalue weighted by Crippen LogP contribution is -2.37. The summed E-state index contributed by atoms with van der Waals surface area (Å²) in [5.41, 5.74) is -0.320. The summed E-state index contributed by atoms with van der Waals surface area (Å²) in [5, 5.41) is 5.05. The highest BCUT2D eigenvalue weighted by molar-refractivity contribution is 5.94. The van der Waals surface area contributed by atoms with Crippen LogP contribution in [0, 0.1) is 11.6 Å². The van der Waals surface area contributed by atoms with Crippen molar-refractivity contribution in [3.05, 3.63) is 35.4 Å². The summed E-state index contributed by atoms with van der Waals surface area (Å²) in [6, 6.07) is 2.61. The van der Waals surface area contributed by atoms with E-state index in [0.717, 1.165) is 25.0 Å². The molecule has 25 heavy (non-hydrogen) atoms. The lowest BCUT2D eigenvalue weighted by atomic mass is 10.2. The van der Waals surface area contributed by atoms with Crippen molar-refractivity contribution >= 4 is 17.8 Å². The molecule has 0 aromatic heterocycles. The first-order valence-corrected chi connectivity index (χ1v) is 8.05. The van der Waals surface area contributed by atoms with E-state index in [-0.39, 0.29) is 30.5 Å². The van der Waals surface area contributed by atoms with Crippen LogP contribution in [0.25, 0.3) is 0 Å². The number of halogens is 2. The smallest absolute Gasteiger partial charge is 0.308 e. The zero-order valence-corrected chi connectivity index (χ0v) is 14.2. The van der Waals surface area contributed by atoms with E-state index in [9.17, 15) is 23.2 Å². The Kier molecular flexibility index (Phi) is 8.52. The molecule has 0 saturated carbocycles. The highest BCUT2D eigenvalue weighted by atomic mass is 19.1. The molecule has 1 rings (SSSR count). The van der Waals surface area contributed by atoms with E-state index < -0.39 is 30.1 Å². The van der Waals surface area contributed by atoms with E-state index in [1.165, 1.54) is 0 Å². The Morgan fingerprint density at radius 2 is 1.84 bits per heavy atom. The molecule has 6 nitrogen and oxygen atoms in total. The minimum absolute atomic E-state index is 0.0381. The van der Waals surface area contributed by atoms with Gasteiger partial charge in [0.15, 0.2) is 6.61 Å². The summed E-state index contributed by atoms with van der Waals surface area (Å²) in [6.45, 7) is 3.39. The Balaban J connectivity index is 2.30. The normalized spacial score (nSPS) is 10.4. The third kappa shape index (κ3) is 7.28. The lowest BCUT2D eigenvalue weighted by molar-refractivity contribution is -0.148.